The number of sulfonamides is 1. The van der Waals surface area contributed by atoms with Crippen molar-refractivity contribution in [1.82, 2.24) is 0 Å². The fraction of sp³-hybridized carbons (Fsp3) is 0.0952. The smallest absolute Gasteiger partial charge is 0.261 e. The lowest BCUT2D eigenvalue weighted by Crippen LogP contribution is -2.15. The van der Waals surface area contributed by atoms with E-state index in [0.717, 1.165) is 11.1 Å². The van der Waals surface area contributed by atoms with Gasteiger partial charge in [-0.1, -0.05) is 29.8 Å². The first kappa shape index (κ1) is 19.9. The predicted molar refractivity (Wildman–Crippen MR) is 113 cm³/mol. The maximum Gasteiger partial charge on any atom is 0.261 e. The fourth-order valence-corrected chi connectivity index (χ4v) is 3.91. The average Bonchev–Trinajstić information content (AvgIpc) is 2.65. The first-order valence-corrected chi connectivity index (χ1v) is 10.4. The molecule has 28 heavy (non-hydrogen) atoms. The van der Waals surface area contributed by atoms with Crippen LogP contribution in [-0.2, 0) is 10.0 Å². The fourth-order valence-electron chi connectivity index (χ4n) is 2.60. The summed E-state index contributed by atoms with van der Waals surface area (Å²) in [4.78, 5) is 12.4. The Morgan fingerprint density at radius 1 is 0.929 bits per heavy atom. The van der Waals surface area contributed by atoms with Gasteiger partial charge in [0, 0.05) is 16.3 Å². The van der Waals surface area contributed by atoms with Gasteiger partial charge in [-0.15, -0.1) is 0 Å². The Labute approximate surface area is 169 Å². The third-order valence-corrected chi connectivity index (χ3v) is 5.76. The standard InChI is InChI=1S/C21H19ClN2O3S/c1-14-6-7-15(2)20(12-14)24-28(26,27)19-10-8-18(9-11-19)23-21(25)16-4-3-5-17(22)13-16/h3-13,24H,1-2H3,(H,23,25). The number of hydrogen-bond donors (Lipinski definition) is 2. The largest absolute Gasteiger partial charge is 0.322 e. The Kier molecular flexibility index (Phi) is 5.72. The van der Waals surface area contributed by atoms with Crippen LogP contribution in [0.5, 0.6) is 0 Å². The molecule has 0 spiro atoms. The summed E-state index contributed by atoms with van der Waals surface area (Å²) < 4.78 is 27.9. The molecule has 0 aliphatic carbocycles. The SMILES string of the molecule is Cc1ccc(C)c(NS(=O)(=O)c2ccc(NC(=O)c3cccc(Cl)c3)cc2)c1. The molecule has 0 aliphatic rings. The second-order valence-electron chi connectivity index (χ2n) is 6.41. The Hall–Kier alpha value is -2.83. The van der Waals surface area contributed by atoms with Gasteiger partial charge in [0.25, 0.3) is 15.9 Å². The van der Waals surface area contributed by atoms with E-state index < -0.39 is 10.0 Å². The Morgan fingerprint density at radius 3 is 2.32 bits per heavy atom. The summed E-state index contributed by atoms with van der Waals surface area (Å²) in [5.74, 6) is -0.327. The van der Waals surface area contributed by atoms with Crippen molar-refractivity contribution < 1.29 is 13.2 Å². The first-order valence-electron chi connectivity index (χ1n) is 8.52. The van der Waals surface area contributed by atoms with Crippen molar-refractivity contribution in [2.75, 3.05) is 10.0 Å². The number of carbonyl (C=O) groups excluding carboxylic acids is 1. The van der Waals surface area contributed by atoms with Crippen molar-refractivity contribution >= 4 is 38.9 Å². The highest BCUT2D eigenvalue weighted by atomic mass is 35.5. The number of carbonyl (C=O) groups is 1. The lowest BCUT2D eigenvalue weighted by atomic mass is 10.1. The molecule has 0 radical (unpaired) electrons. The molecular weight excluding hydrogens is 396 g/mol. The summed E-state index contributed by atoms with van der Waals surface area (Å²) in [6.07, 6.45) is 0. The summed E-state index contributed by atoms with van der Waals surface area (Å²) in [6.45, 7) is 3.74. The molecular formula is C21H19ClN2O3S. The molecule has 0 fully saturated rings. The van der Waals surface area contributed by atoms with Gasteiger partial charge in [0.15, 0.2) is 0 Å². The molecule has 0 bridgehead atoms. The summed E-state index contributed by atoms with van der Waals surface area (Å²) in [5.41, 5.74) is 3.23. The van der Waals surface area contributed by atoms with Gasteiger partial charge in [0.1, 0.15) is 0 Å². The van der Waals surface area contributed by atoms with Crippen LogP contribution >= 0.6 is 11.6 Å². The molecule has 3 aromatic rings. The molecule has 0 unspecified atom stereocenters. The number of rotatable bonds is 5. The van der Waals surface area contributed by atoms with E-state index in [2.05, 4.69) is 10.0 Å². The maximum atomic E-state index is 12.6. The van der Waals surface area contributed by atoms with Crippen molar-refractivity contribution in [2.45, 2.75) is 18.7 Å². The van der Waals surface area contributed by atoms with Crippen molar-refractivity contribution in [3.63, 3.8) is 0 Å². The minimum atomic E-state index is -3.74. The van der Waals surface area contributed by atoms with Crippen LogP contribution in [-0.4, -0.2) is 14.3 Å². The molecule has 3 aromatic carbocycles. The van der Waals surface area contributed by atoms with E-state index >= 15 is 0 Å². The lowest BCUT2D eigenvalue weighted by Gasteiger charge is -2.12. The molecule has 0 saturated carbocycles. The zero-order valence-electron chi connectivity index (χ0n) is 15.4. The summed E-state index contributed by atoms with van der Waals surface area (Å²) in [7, 11) is -3.74. The van der Waals surface area contributed by atoms with E-state index in [4.69, 9.17) is 11.6 Å². The van der Waals surface area contributed by atoms with Crippen molar-refractivity contribution in [2.24, 2.45) is 0 Å². The van der Waals surface area contributed by atoms with Crippen molar-refractivity contribution in [3.05, 3.63) is 88.4 Å². The quantitative estimate of drug-likeness (QED) is 0.616. The van der Waals surface area contributed by atoms with Crippen LogP contribution in [0.2, 0.25) is 5.02 Å². The third-order valence-electron chi connectivity index (χ3n) is 4.15. The molecule has 0 heterocycles. The summed E-state index contributed by atoms with van der Waals surface area (Å²) in [6, 6.07) is 18.1. The number of benzene rings is 3. The summed E-state index contributed by atoms with van der Waals surface area (Å²) >= 11 is 5.90. The normalized spacial score (nSPS) is 11.1. The van der Waals surface area contributed by atoms with Crippen LogP contribution < -0.4 is 10.0 Å². The molecule has 0 atom stereocenters. The molecule has 2 N–H and O–H groups in total. The number of anilines is 2. The summed E-state index contributed by atoms with van der Waals surface area (Å²) in [5, 5.41) is 3.18. The Morgan fingerprint density at radius 2 is 1.64 bits per heavy atom. The molecule has 7 heteroatoms. The molecule has 0 aliphatic heterocycles. The maximum absolute atomic E-state index is 12.6. The van der Waals surface area contributed by atoms with Crippen LogP contribution in [0, 0.1) is 13.8 Å². The van der Waals surface area contributed by atoms with E-state index in [1.807, 2.05) is 26.0 Å². The van der Waals surface area contributed by atoms with Gasteiger partial charge in [0.2, 0.25) is 0 Å². The van der Waals surface area contributed by atoms with E-state index in [0.29, 0.717) is 22.0 Å². The Bertz CT molecular complexity index is 1130. The van der Waals surface area contributed by atoms with E-state index in [9.17, 15) is 13.2 Å². The number of amides is 1. The van der Waals surface area contributed by atoms with Gasteiger partial charge >= 0.3 is 0 Å². The van der Waals surface area contributed by atoms with Gasteiger partial charge in [0.05, 0.1) is 10.6 Å². The second kappa shape index (κ2) is 8.04. The van der Waals surface area contributed by atoms with E-state index in [1.54, 1.807) is 42.5 Å². The third kappa shape index (κ3) is 4.71. The number of hydrogen-bond acceptors (Lipinski definition) is 3. The zero-order chi connectivity index (χ0) is 20.3. The zero-order valence-corrected chi connectivity index (χ0v) is 16.9. The topological polar surface area (TPSA) is 75.3 Å². The minimum Gasteiger partial charge on any atom is -0.322 e. The van der Waals surface area contributed by atoms with Crippen molar-refractivity contribution in [1.29, 1.82) is 0 Å². The molecule has 144 valence electrons. The molecule has 0 aromatic heterocycles. The number of halogens is 1. The molecule has 5 nitrogen and oxygen atoms in total. The molecule has 3 rings (SSSR count). The number of nitrogens with one attached hydrogen (secondary N) is 2. The monoisotopic (exact) mass is 414 g/mol. The Balaban J connectivity index is 1.76. The van der Waals surface area contributed by atoms with E-state index in [1.165, 1.54) is 12.1 Å². The van der Waals surface area contributed by atoms with Gasteiger partial charge in [-0.2, -0.15) is 0 Å². The van der Waals surface area contributed by atoms with Crippen LogP contribution in [0.3, 0.4) is 0 Å². The highest BCUT2D eigenvalue weighted by Crippen LogP contribution is 2.22. The van der Waals surface area contributed by atoms with Gasteiger partial charge in [-0.3, -0.25) is 9.52 Å². The van der Waals surface area contributed by atoms with Gasteiger partial charge in [-0.05, 0) is 73.5 Å². The highest BCUT2D eigenvalue weighted by molar-refractivity contribution is 7.92. The number of aryl methyl sites for hydroxylation is 2. The highest BCUT2D eigenvalue weighted by Gasteiger charge is 2.16. The molecule has 0 saturated heterocycles. The minimum absolute atomic E-state index is 0.106. The van der Waals surface area contributed by atoms with Crippen LogP contribution in [0.15, 0.2) is 71.6 Å². The molecule has 1 amide bonds. The predicted octanol–water partition coefficient (Wildman–Crippen LogP) is 5.01. The van der Waals surface area contributed by atoms with Gasteiger partial charge in [-0.25, -0.2) is 8.42 Å². The van der Waals surface area contributed by atoms with Crippen LogP contribution in [0.25, 0.3) is 0 Å². The lowest BCUT2D eigenvalue weighted by molar-refractivity contribution is 0.102. The van der Waals surface area contributed by atoms with E-state index in [-0.39, 0.29) is 10.8 Å². The first-order chi connectivity index (χ1) is 13.2. The van der Waals surface area contributed by atoms with Crippen LogP contribution in [0.4, 0.5) is 11.4 Å². The van der Waals surface area contributed by atoms with Gasteiger partial charge < -0.3 is 5.32 Å². The second-order valence-corrected chi connectivity index (χ2v) is 8.53. The average molecular weight is 415 g/mol. The van der Waals surface area contributed by atoms with Crippen molar-refractivity contribution in [3.8, 4) is 0 Å². The van der Waals surface area contributed by atoms with Crippen LogP contribution in [0.1, 0.15) is 21.5 Å².